The molecule has 7 heteroatoms. The number of aromatic hydroxyl groups is 2. The van der Waals surface area contributed by atoms with Gasteiger partial charge in [0.1, 0.15) is 5.82 Å². The molecule has 0 fully saturated rings. The molecule has 0 saturated heterocycles. The number of hydrogen-bond acceptors (Lipinski definition) is 5. The number of rotatable bonds is 6. The number of carbonyl (C=O) groups is 1. The van der Waals surface area contributed by atoms with Gasteiger partial charge in [-0.1, -0.05) is 0 Å². The van der Waals surface area contributed by atoms with Gasteiger partial charge in [-0.15, -0.1) is 0 Å². The quantitative estimate of drug-likeness (QED) is 0.783. The number of nitrogens with zero attached hydrogens (tertiary/aromatic N) is 1. The first-order valence-corrected chi connectivity index (χ1v) is 7.93. The Morgan fingerprint density at radius 2 is 1.84 bits per heavy atom. The summed E-state index contributed by atoms with van der Waals surface area (Å²) in [5.41, 5.74) is -0.0302. The number of aromatic nitrogens is 1. The molecular weight excluding hydrogens is 329 g/mol. The molecule has 0 aliphatic heterocycles. The van der Waals surface area contributed by atoms with Gasteiger partial charge in [0, 0.05) is 18.5 Å². The van der Waals surface area contributed by atoms with Crippen LogP contribution in [0.25, 0.3) is 11.3 Å². The van der Waals surface area contributed by atoms with Gasteiger partial charge in [0.2, 0.25) is 0 Å². The Morgan fingerprint density at radius 1 is 1.20 bits per heavy atom. The second kappa shape index (κ2) is 7.83. The molecule has 2 rings (SSSR count). The number of halogens is 1. The molecule has 0 bridgehead atoms. The van der Waals surface area contributed by atoms with E-state index in [0.29, 0.717) is 12.0 Å². The van der Waals surface area contributed by atoms with Gasteiger partial charge < -0.3 is 19.5 Å². The lowest BCUT2D eigenvalue weighted by molar-refractivity contribution is -0.143. The first kappa shape index (κ1) is 18.5. The van der Waals surface area contributed by atoms with Crippen molar-refractivity contribution >= 4 is 5.97 Å². The second-order valence-corrected chi connectivity index (χ2v) is 5.54. The lowest BCUT2D eigenvalue weighted by Gasteiger charge is -2.17. The number of ether oxygens (including phenoxy) is 1. The van der Waals surface area contributed by atoms with Gasteiger partial charge in [-0.3, -0.25) is 9.59 Å². The Labute approximate surface area is 144 Å². The Balaban J connectivity index is 2.44. The maximum atomic E-state index is 13.2. The molecule has 1 aromatic carbocycles. The van der Waals surface area contributed by atoms with E-state index in [1.54, 1.807) is 6.92 Å². The average molecular weight is 349 g/mol. The van der Waals surface area contributed by atoms with Crippen molar-refractivity contribution < 1.29 is 24.1 Å². The summed E-state index contributed by atoms with van der Waals surface area (Å²) >= 11 is 0. The van der Waals surface area contributed by atoms with Crippen molar-refractivity contribution in [3.05, 3.63) is 46.0 Å². The molecular formula is C18H20FNO5. The van der Waals surface area contributed by atoms with Crippen LogP contribution >= 0.6 is 0 Å². The van der Waals surface area contributed by atoms with E-state index in [9.17, 15) is 24.2 Å². The second-order valence-electron chi connectivity index (χ2n) is 5.54. The molecule has 0 aliphatic carbocycles. The Morgan fingerprint density at radius 3 is 2.44 bits per heavy atom. The summed E-state index contributed by atoms with van der Waals surface area (Å²) in [6.07, 6.45) is 0.431. The largest absolute Gasteiger partial charge is 0.504 e. The average Bonchev–Trinajstić information content (AvgIpc) is 2.59. The van der Waals surface area contributed by atoms with E-state index in [1.165, 1.54) is 35.8 Å². The fourth-order valence-electron chi connectivity index (χ4n) is 2.55. The van der Waals surface area contributed by atoms with Crippen molar-refractivity contribution in [1.82, 2.24) is 4.57 Å². The van der Waals surface area contributed by atoms with Crippen LogP contribution in [0.5, 0.6) is 11.5 Å². The fraction of sp³-hybridized carbons (Fsp3) is 0.333. The third kappa shape index (κ3) is 3.99. The van der Waals surface area contributed by atoms with E-state index in [2.05, 4.69) is 0 Å². The summed E-state index contributed by atoms with van der Waals surface area (Å²) in [7, 11) is 0. The normalized spacial score (nSPS) is 10.7. The molecule has 0 amide bonds. The highest BCUT2D eigenvalue weighted by molar-refractivity contribution is 5.71. The fourth-order valence-corrected chi connectivity index (χ4v) is 2.55. The van der Waals surface area contributed by atoms with E-state index in [0.717, 1.165) is 0 Å². The highest BCUT2D eigenvalue weighted by atomic mass is 19.1. The minimum atomic E-state index is -0.508. The van der Waals surface area contributed by atoms with Crippen LogP contribution in [0, 0.1) is 12.7 Å². The summed E-state index contributed by atoms with van der Waals surface area (Å²) in [5.74, 6) is -1.81. The maximum absolute atomic E-state index is 13.2. The van der Waals surface area contributed by atoms with Crippen molar-refractivity contribution in [2.45, 2.75) is 33.2 Å². The van der Waals surface area contributed by atoms with Gasteiger partial charge in [0.15, 0.2) is 11.5 Å². The zero-order valence-corrected chi connectivity index (χ0v) is 14.1. The molecule has 0 atom stereocenters. The molecule has 2 N–H and O–H groups in total. The predicted molar refractivity (Wildman–Crippen MR) is 90.0 cm³/mol. The lowest BCUT2D eigenvalue weighted by atomic mass is 10.1. The molecule has 1 aromatic heterocycles. The number of carbonyl (C=O) groups excluding carboxylic acids is 1. The van der Waals surface area contributed by atoms with Crippen molar-refractivity contribution in [1.29, 1.82) is 0 Å². The topological polar surface area (TPSA) is 88.8 Å². The zero-order valence-electron chi connectivity index (χ0n) is 14.1. The molecule has 0 spiro atoms. The molecule has 2 aromatic rings. The first-order chi connectivity index (χ1) is 11.9. The van der Waals surface area contributed by atoms with E-state index in [1.807, 2.05) is 0 Å². The highest BCUT2D eigenvalue weighted by Gasteiger charge is 2.20. The summed E-state index contributed by atoms with van der Waals surface area (Å²) in [6.45, 7) is 3.52. The summed E-state index contributed by atoms with van der Waals surface area (Å²) < 4.78 is 19.3. The van der Waals surface area contributed by atoms with E-state index >= 15 is 0 Å². The van der Waals surface area contributed by atoms with Crippen molar-refractivity contribution in [3.8, 4) is 22.8 Å². The van der Waals surface area contributed by atoms with Crippen LogP contribution in [0.3, 0.4) is 0 Å². The summed E-state index contributed by atoms with van der Waals surface area (Å²) in [6, 6.07) is 5.19. The third-order valence-corrected chi connectivity index (χ3v) is 3.83. The maximum Gasteiger partial charge on any atom is 0.305 e. The van der Waals surface area contributed by atoms with Crippen LogP contribution in [-0.4, -0.2) is 27.4 Å². The van der Waals surface area contributed by atoms with Crippen molar-refractivity contribution in [2.24, 2.45) is 0 Å². The van der Waals surface area contributed by atoms with E-state index < -0.39 is 22.9 Å². The smallest absolute Gasteiger partial charge is 0.305 e. The standard InChI is InChI=1S/C18H20FNO5/c1-3-25-14(21)5-4-10-20-15(12-6-8-13(19)9-7-12)17(23)16(22)11(2)18(20)24/h6-9,22-23H,3-5,10H2,1-2H3. The Hall–Kier alpha value is -2.83. The van der Waals surface area contributed by atoms with Gasteiger partial charge in [-0.05, 0) is 44.5 Å². The molecule has 1 heterocycles. The number of hydrogen-bond donors (Lipinski definition) is 2. The minimum Gasteiger partial charge on any atom is -0.504 e. The Kier molecular flexibility index (Phi) is 5.80. The lowest BCUT2D eigenvalue weighted by Crippen LogP contribution is -2.24. The van der Waals surface area contributed by atoms with Crippen LogP contribution in [0.15, 0.2) is 29.1 Å². The van der Waals surface area contributed by atoms with Crippen molar-refractivity contribution in [3.63, 3.8) is 0 Å². The molecule has 6 nitrogen and oxygen atoms in total. The Bertz CT molecular complexity index is 827. The van der Waals surface area contributed by atoms with E-state index in [4.69, 9.17) is 4.74 Å². The molecule has 25 heavy (non-hydrogen) atoms. The van der Waals surface area contributed by atoms with Gasteiger partial charge in [-0.25, -0.2) is 4.39 Å². The number of esters is 1. The van der Waals surface area contributed by atoms with Crippen molar-refractivity contribution in [2.75, 3.05) is 6.61 Å². The minimum absolute atomic E-state index is 0.000466. The number of benzene rings is 1. The van der Waals surface area contributed by atoms with Crippen LogP contribution in [0.2, 0.25) is 0 Å². The van der Waals surface area contributed by atoms with Gasteiger partial charge in [0.25, 0.3) is 5.56 Å². The third-order valence-electron chi connectivity index (χ3n) is 3.83. The molecule has 0 radical (unpaired) electrons. The van der Waals surface area contributed by atoms with Crippen LogP contribution in [0.1, 0.15) is 25.3 Å². The number of pyridine rings is 1. The van der Waals surface area contributed by atoms with Crippen LogP contribution in [0.4, 0.5) is 4.39 Å². The predicted octanol–water partition coefficient (Wildman–Crippen LogP) is 2.72. The molecule has 0 unspecified atom stereocenters. The molecule has 0 aliphatic rings. The molecule has 134 valence electrons. The van der Waals surface area contributed by atoms with Gasteiger partial charge >= 0.3 is 5.97 Å². The van der Waals surface area contributed by atoms with Gasteiger partial charge in [0.05, 0.1) is 17.9 Å². The van der Waals surface area contributed by atoms with Crippen LogP contribution in [-0.2, 0) is 16.1 Å². The SMILES string of the molecule is CCOC(=O)CCCn1c(-c2ccc(F)cc2)c(O)c(O)c(C)c1=O. The zero-order chi connectivity index (χ0) is 18.6. The monoisotopic (exact) mass is 349 g/mol. The molecule has 0 saturated carbocycles. The first-order valence-electron chi connectivity index (χ1n) is 7.93. The summed E-state index contributed by atoms with van der Waals surface area (Å²) in [5, 5.41) is 20.3. The highest BCUT2D eigenvalue weighted by Crippen LogP contribution is 2.37. The van der Waals surface area contributed by atoms with Gasteiger partial charge in [-0.2, -0.15) is 0 Å². The van der Waals surface area contributed by atoms with E-state index in [-0.39, 0.29) is 36.8 Å². The summed E-state index contributed by atoms with van der Waals surface area (Å²) in [4.78, 5) is 24.0. The van der Waals surface area contributed by atoms with Crippen LogP contribution < -0.4 is 5.56 Å².